The van der Waals surface area contributed by atoms with Crippen molar-refractivity contribution in [2.75, 3.05) is 0 Å². The number of hydrogen-bond donors (Lipinski definition) is 0. The Bertz CT molecular complexity index is 624. The number of allylic oxidation sites excluding steroid dienone is 1. The summed E-state index contributed by atoms with van der Waals surface area (Å²) in [6, 6.07) is 15.7. The molecule has 2 aromatic rings. The Labute approximate surface area is 128 Å². The van der Waals surface area contributed by atoms with Crippen LogP contribution >= 0.6 is 15.9 Å². The third-order valence-electron chi connectivity index (χ3n) is 3.17. The van der Waals surface area contributed by atoms with Gasteiger partial charge in [-0.3, -0.25) is 4.79 Å². The Morgan fingerprint density at radius 2 is 1.70 bits per heavy atom. The number of carbonyl (C=O) groups is 1. The highest BCUT2D eigenvalue weighted by Gasteiger charge is 2.05. The van der Waals surface area contributed by atoms with E-state index in [1.165, 1.54) is 5.56 Å². The fraction of sp³-hybridized carbons (Fsp3) is 0.167. The molecule has 0 aliphatic carbocycles. The number of benzene rings is 2. The first-order valence-electron chi connectivity index (χ1n) is 6.65. The number of halogens is 1. The molecule has 102 valence electrons. The molecule has 0 N–H and O–H groups in total. The standard InChI is InChI=1S/C18H17BrO/c1-13(2)15-10-7-14(8-11-15)9-12-18(20)16-5-3-4-6-17(16)19/h3-13H,1-2H3. The predicted molar refractivity (Wildman–Crippen MR) is 88.0 cm³/mol. The lowest BCUT2D eigenvalue weighted by Crippen LogP contribution is -1.95. The van der Waals surface area contributed by atoms with Gasteiger partial charge in [-0.05, 0) is 35.3 Å². The fourth-order valence-electron chi connectivity index (χ4n) is 1.91. The first-order chi connectivity index (χ1) is 9.58. The van der Waals surface area contributed by atoms with Gasteiger partial charge in [0.25, 0.3) is 0 Å². The highest BCUT2D eigenvalue weighted by Crippen LogP contribution is 2.18. The Hall–Kier alpha value is -1.67. The second-order valence-corrected chi connectivity index (χ2v) is 5.85. The lowest BCUT2D eigenvalue weighted by molar-refractivity contribution is 0.104. The molecule has 0 fully saturated rings. The van der Waals surface area contributed by atoms with E-state index in [0.717, 1.165) is 10.0 Å². The van der Waals surface area contributed by atoms with Crippen LogP contribution in [-0.2, 0) is 0 Å². The van der Waals surface area contributed by atoms with Crippen LogP contribution in [0.15, 0.2) is 59.1 Å². The van der Waals surface area contributed by atoms with Gasteiger partial charge in [-0.15, -0.1) is 0 Å². The van der Waals surface area contributed by atoms with Crippen molar-refractivity contribution in [2.24, 2.45) is 0 Å². The number of ketones is 1. The highest BCUT2D eigenvalue weighted by atomic mass is 79.9. The normalized spacial score (nSPS) is 11.2. The molecule has 0 aliphatic rings. The molecule has 0 amide bonds. The minimum absolute atomic E-state index is 0.00501. The smallest absolute Gasteiger partial charge is 0.186 e. The molecule has 2 rings (SSSR count). The minimum Gasteiger partial charge on any atom is -0.289 e. The molecule has 20 heavy (non-hydrogen) atoms. The van der Waals surface area contributed by atoms with Crippen LogP contribution in [0.25, 0.3) is 6.08 Å². The summed E-state index contributed by atoms with van der Waals surface area (Å²) in [7, 11) is 0. The third-order valence-corrected chi connectivity index (χ3v) is 3.86. The molecular weight excluding hydrogens is 312 g/mol. The molecule has 0 aromatic heterocycles. The van der Waals surface area contributed by atoms with Crippen LogP contribution in [0.5, 0.6) is 0 Å². The van der Waals surface area contributed by atoms with Crippen LogP contribution < -0.4 is 0 Å². The Morgan fingerprint density at radius 3 is 2.30 bits per heavy atom. The SMILES string of the molecule is CC(C)c1ccc(C=CC(=O)c2ccccc2Br)cc1. The second kappa shape index (κ2) is 6.67. The third kappa shape index (κ3) is 3.67. The maximum atomic E-state index is 12.1. The van der Waals surface area contributed by atoms with Gasteiger partial charge in [-0.25, -0.2) is 0 Å². The minimum atomic E-state index is 0.00501. The van der Waals surface area contributed by atoms with Crippen molar-refractivity contribution in [1.82, 2.24) is 0 Å². The van der Waals surface area contributed by atoms with Crippen LogP contribution in [0.3, 0.4) is 0 Å². The van der Waals surface area contributed by atoms with Gasteiger partial charge in [-0.1, -0.05) is 72.3 Å². The van der Waals surface area contributed by atoms with Gasteiger partial charge in [0, 0.05) is 10.0 Å². The molecular formula is C18H17BrO. The van der Waals surface area contributed by atoms with E-state index in [4.69, 9.17) is 0 Å². The van der Waals surface area contributed by atoms with Gasteiger partial charge < -0.3 is 0 Å². The molecule has 2 aromatic carbocycles. The maximum Gasteiger partial charge on any atom is 0.186 e. The molecule has 1 nitrogen and oxygen atoms in total. The fourth-order valence-corrected chi connectivity index (χ4v) is 2.39. The Kier molecular flexibility index (Phi) is 4.91. The quantitative estimate of drug-likeness (QED) is 0.537. The lowest BCUT2D eigenvalue weighted by Gasteiger charge is -2.04. The molecule has 0 bridgehead atoms. The number of carbonyl (C=O) groups excluding carboxylic acids is 1. The van der Waals surface area contributed by atoms with Crippen molar-refractivity contribution in [3.63, 3.8) is 0 Å². The lowest BCUT2D eigenvalue weighted by atomic mass is 10.0. The van der Waals surface area contributed by atoms with Crippen LogP contribution in [0, 0.1) is 0 Å². The van der Waals surface area contributed by atoms with E-state index in [-0.39, 0.29) is 5.78 Å². The van der Waals surface area contributed by atoms with Crippen LogP contribution in [0.1, 0.15) is 41.3 Å². The monoisotopic (exact) mass is 328 g/mol. The van der Waals surface area contributed by atoms with Crippen molar-refractivity contribution < 1.29 is 4.79 Å². The van der Waals surface area contributed by atoms with Gasteiger partial charge in [0.2, 0.25) is 0 Å². The molecule has 0 saturated heterocycles. The second-order valence-electron chi connectivity index (χ2n) is 5.00. The Balaban J connectivity index is 2.13. The van der Waals surface area contributed by atoms with Crippen molar-refractivity contribution in [3.05, 3.63) is 75.8 Å². The van der Waals surface area contributed by atoms with Crippen molar-refractivity contribution >= 4 is 27.8 Å². The van der Waals surface area contributed by atoms with Crippen molar-refractivity contribution in [3.8, 4) is 0 Å². The maximum absolute atomic E-state index is 12.1. The average Bonchev–Trinajstić information content (AvgIpc) is 2.45. The molecule has 2 heteroatoms. The molecule has 0 heterocycles. The van der Waals surface area contributed by atoms with Crippen LogP contribution in [0.2, 0.25) is 0 Å². The van der Waals surface area contributed by atoms with E-state index in [9.17, 15) is 4.79 Å². The average molecular weight is 329 g/mol. The predicted octanol–water partition coefficient (Wildman–Crippen LogP) is 5.47. The first-order valence-corrected chi connectivity index (χ1v) is 7.44. The molecule has 0 spiro atoms. The summed E-state index contributed by atoms with van der Waals surface area (Å²) in [6.07, 6.45) is 3.47. The van der Waals surface area contributed by atoms with Gasteiger partial charge in [0.1, 0.15) is 0 Å². The van der Waals surface area contributed by atoms with Crippen molar-refractivity contribution in [2.45, 2.75) is 19.8 Å². The Morgan fingerprint density at radius 1 is 1.05 bits per heavy atom. The van der Waals surface area contributed by atoms with E-state index in [1.54, 1.807) is 6.08 Å². The van der Waals surface area contributed by atoms with E-state index >= 15 is 0 Å². The van der Waals surface area contributed by atoms with Gasteiger partial charge >= 0.3 is 0 Å². The van der Waals surface area contributed by atoms with Gasteiger partial charge in [0.05, 0.1) is 0 Å². The summed E-state index contributed by atoms with van der Waals surface area (Å²) in [5, 5.41) is 0. The summed E-state index contributed by atoms with van der Waals surface area (Å²) >= 11 is 3.39. The molecule has 0 unspecified atom stereocenters. The summed E-state index contributed by atoms with van der Waals surface area (Å²) < 4.78 is 0.824. The molecule has 0 saturated carbocycles. The van der Waals surface area contributed by atoms with Crippen LogP contribution in [-0.4, -0.2) is 5.78 Å². The zero-order chi connectivity index (χ0) is 14.5. The topological polar surface area (TPSA) is 17.1 Å². The summed E-state index contributed by atoms with van der Waals surface area (Å²) in [5.74, 6) is 0.528. The summed E-state index contributed by atoms with van der Waals surface area (Å²) in [4.78, 5) is 12.1. The van der Waals surface area contributed by atoms with E-state index in [2.05, 4.69) is 41.9 Å². The van der Waals surface area contributed by atoms with E-state index in [1.807, 2.05) is 42.5 Å². The highest BCUT2D eigenvalue weighted by molar-refractivity contribution is 9.10. The molecule has 0 atom stereocenters. The van der Waals surface area contributed by atoms with E-state index < -0.39 is 0 Å². The number of hydrogen-bond acceptors (Lipinski definition) is 1. The van der Waals surface area contributed by atoms with Gasteiger partial charge in [-0.2, -0.15) is 0 Å². The molecule has 0 radical (unpaired) electrons. The van der Waals surface area contributed by atoms with Gasteiger partial charge in [0.15, 0.2) is 5.78 Å². The summed E-state index contributed by atoms with van der Waals surface area (Å²) in [5.41, 5.74) is 3.02. The zero-order valence-corrected chi connectivity index (χ0v) is 13.2. The molecule has 0 aliphatic heterocycles. The summed E-state index contributed by atoms with van der Waals surface area (Å²) in [6.45, 7) is 4.34. The van der Waals surface area contributed by atoms with E-state index in [0.29, 0.717) is 11.5 Å². The van der Waals surface area contributed by atoms with Crippen molar-refractivity contribution in [1.29, 1.82) is 0 Å². The number of rotatable bonds is 4. The first kappa shape index (κ1) is 14.7. The van der Waals surface area contributed by atoms with Crippen LogP contribution in [0.4, 0.5) is 0 Å². The largest absolute Gasteiger partial charge is 0.289 e. The zero-order valence-electron chi connectivity index (χ0n) is 11.6.